The first-order chi connectivity index (χ1) is 7.65. The zero-order chi connectivity index (χ0) is 11.5. The van der Waals surface area contributed by atoms with Crippen LogP contribution in [-0.4, -0.2) is 9.97 Å². The number of hydrogen-bond acceptors (Lipinski definition) is 3. The van der Waals surface area contributed by atoms with Gasteiger partial charge in [0, 0.05) is 22.6 Å². The van der Waals surface area contributed by atoms with Crippen LogP contribution < -0.4 is 5.32 Å². The fraction of sp³-hybridized carbons (Fsp3) is 0.0909. The Morgan fingerprint density at radius 3 is 2.44 bits per heavy atom. The summed E-state index contributed by atoms with van der Waals surface area (Å²) >= 11 is 6.75. The molecule has 0 aliphatic carbocycles. The van der Waals surface area contributed by atoms with Crippen LogP contribution in [0.25, 0.3) is 0 Å². The Balaban J connectivity index is 2.20. The number of nitrogens with one attached hydrogen (secondary N) is 1. The molecule has 0 unspecified atom stereocenters. The van der Waals surface area contributed by atoms with Crippen molar-refractivity contribution in [1.82, 2.24) is 9.97 Å². The molecule has 0 saturated heterocycles. The number of nitrogens with zero attached hydrogens (tertiary/aromatic N) is 2. The molecule has 0 fully saturated rings. The highest BCUT2D eigenvalue weighted by atomic mass is 79.9. The summed E-state index contributed by atoms with van der Waals surface area (Å²) in [6, 6.07) is 6.01. The zero-order valence-electron chi connectivity index (χ0n) is 8.54. The van der Waals surface area contributed by atoms with Gasteiger partial charge in [-0.3, -0.25) is 0 Å². The summed E-state index contributed by atoms with van der Waals surface area (Å²) in [6.07, 6.45) is 3.42. The molecule has 2 rings (SSSR count). The second-order valence-electron chi connectivity index (χ2n) is 3.31. The van der Waals surface area contributed by atoms with Gasteiger partial charge in [-0.15, -0.1) is 0 Å². The first kappa shape index (κ1) is 11.5. The van der Waals surface area contributed by atoms with Crippen LogP contribution >= 0.6 is 31.9 Å². The molecule has 3 nitrogen and oxygen atoms in total. The molecule has 16 heavy (non-hydrogen) atoms. The number of aromatic nitrogens is 2. The molecule has 0 saturated carbocycles. The number of hydrogen-bond donors (Lipinski definition) is 1. The van der Waals surface area contributed by atoms with Crippen LogP contribution in [0.2, 0.25) is 0 Å². The van der Waals surface area contributed by atoms with E-state index in [-0.39, 0.29) is 0 Å². The second kappa shape index (κ2) is 4.93. The highest BCUT2D eigenvalue weighted by molar-refractivity contribution is 9.10. The fourth-order valence-corrected chi connectivity index (χ4v) is 1.68. The van der Waals surface area contributed by atoms with Crippen LogP contribution in [0.4, 0.5) is 11.6 Å². The predicted molar refractivity (Wildman–Crippen MR) is 71.9 cm³/mol. The largest absolute Gasteiger partial charge is 0.324 e. The molecule has 1 aromatic carbocycles. The SMILES string of the molecule is Cc1cc(Nc2ncc(Br)cn2)ccc1Br. The van der Waals surface area contributed by atoms with Gasteiger partial charge in [-0.05, 0) is 46.6 Å². The maximum absolute atomic E-state index is 4.14. The van der Waals surface area contributed by atoms with Crippen LogP contribution in [0, 0.1) is 6.92 Å². The molecule has 1 N–H and O–H groups in total. The standard InChI is InChI=1S/C11H9Br2N3/c1-7-4-9(2-3-10(7)13)16-11-14-5-8(12)6-15-11/h2-6H,1H3,(H,14,15,16). The number of halogens is 2. The van der Waals surface area contributed by atoms with Crippen molar-refractivity contribution in [3.8, 4) is 0 Å². The highest BCUT2D eigenvalue weighted by Gasteiger charge is 1.99. The molecular weight excluding hydrogens is 334 g/mol. The molecule has 0 atom stereocenters. The Bertz CT molecular complexity index is 497. The average Bonchev–Trinajstić information content (AvgIpc) is 2.27. The van der Waals surface area contributed by atoms with E-state index in [1.54, 1.807) is 12.4 Å². The van der Waals surface area contributed by atoms with Gasteiger partial charge in [0.1, 0.15) is 0 Å². The summed E-state index contributed by atoms with van der Waals surface area (Å²) in [5, 5.41) is 3.14. The molecule has 1 aromatic heterocycles. The van der Waals surface area contributed by atoms with E-state index in [9.17, 15) is 0 Å². The van der Waals surface area contributed by atoms with Gasteiger partial charge in [0.05, 0.1) is 4.47 Å². The Morgan fingerprint density at radius 1 is 1.12 bits per heavy atom. The summed E-state index contributed by atoms with van der Waals surface area (Å²) in [6.45, 7) is 2.04. The molecule has 0 amide bonds. The third kappa shape index (κ3) is 2.80. The minimum Gasteiger partial charge on any atom is -0.324 e. The van der Waals surface area contributed by atoms with E-state index in [1.807, 2.05) is 25.1 Å². The minimum absolute atomic E-state index is 0.588. The van der Waals surface area contributed by atoms with Crippen molar-refractivity contribution in [2.24, 2.45) is 0 Å². The number of benzene rings is 1. The summed E-state index contributed by atoms with van der Waals surface area (Å²) in [5.41, 5.74) is 2.14. The Morgan fingerprint density at radius 2 is 1.81 bits per heavy atom. The summed E-state index contributed by atoms with van der Waals surface area (Å²) in [7, 11) is 0. The van der Waals surface area contributed by atoms with E-state index in [2.05, 4.69) is 47.1 Å². The van der Waals surface area contributed by atoms with E-state index in [0.717, 1.165) is 14.6 Å². The van der Waals surface area contributed by atoms with Gasteiger partial charge in [-0.2, -0.15) is 0 Å². The van der Waals surface area contributed by atoms with Crippen molar-refractivity contribution < 1.29 is 0 Å². The van der Waals surface area contributed by atoms with Crippen molar-refractivity contribution >= 4 is 43.5 Å². The number of aryl methyl sites for hydroxylation is 1. The summed E-state index contributed by atoms with van der Waals surface area (Å²) in [5.74, 6) is 0.588. The van der Waals surface area contributed by atoms with Crippen molar-refractivity contribution in [1.29, 1.82) is 0 Å². The van der Waals surface area contributed by atoms with Crippen molar-refractivity contribution in [3.05, 3.63) is 45.1 Å². The maximum Gasteiger partial charge on any atom is 0.227 e. The highest BCUT2D eigenvalue weighted by Crippen LogP contribution is 2.21. The first-order valence-corrected chi connectivity index (χ1v) is 6.24. The van der Waals surface area contributed by atoms with Gasteiger partial charge in [0.25, 0.3) is 0 Å². The maximum atomic E-state index is 4.14. The second-order valence-corrected chi connectivity index (χ2v) is 5.08. The topological polar surface area (TPSA) is 37.8 Å². The fourth-order valence-electron chi connectivity index (χ4n) is 1.23. The van der Waals surface area contributed by atoms with E-state index in [0.29, 0.717) is 5.95 Å². The molecule has 1 heterocycles. The summed E-state index contributed by atoms with van der Waals surface area (Å²) < 4.78 is 1.96. The smallest absolute Gasteiger partial charge is 0.227 e. The van der Waals surface area contributed by atoms with E-state index in [1.165, 1.54) is 5.56 Å². The van der Waals surface area contributed by atoms with E-state index < -0.39 is 0 Å². The summed E-state index contributed by atoms with van der Waals surface area (Å²) in [4.78, 5) is 8.29. The monoisotopic (exact) mass is 341 g/mol. The van der Waals surface area contributed by atoms with Gasteiger partial charge in [0.2, 0.25) is 5.95 Å². The Kier molecular flexibility index (Phi) is 3.56. The van der Waals surface area contributed by atoms with Gasteiger partial charge < -0.3 is 5.32 Å². The van der Waals surface area contributed by atoms with Crippen molar-refractivity contribution in [2.45, 2.75) is 6.92 Å². The van der Waals surface area contributed by atoms with Crippen LogP contribution in [0.5, 0.6) is 0 Å². The Hall–Kier alpha value is -0.940. The lowest BCUT2D eigenvalue weighted by atomic mass is 10.2. The Labute approximate surface area is 111 Å². The predicted octanol–water partition coefficient (Wildman–Crippen LogP) is 4.05. The van der Waals surface area contributed by atoms with Gasteiger partial charge in [0.15, 0.2) is 0 Å². The number of rotatable bonds is 2. The molecular formula is C11H9Br2N3. The molecule has 0 radical (unpaired) electrons. The third-order valence-electron chi connectivity index (χ3n) is 2.03. The first-order valence-electron chi connectivity index (χ1n) is 4.66. The van der Waals surface area contributed by atoms with Crippen LogP contribution in [0.1, 0.15) is 5.56 Å². The van der Waals surface area contributed by atoms with Crippen molar-refractivity contribution in [3.63, 3.8) is 0 Å². The normalized spacial score (nSPS) is 10.2. The quantitative estimate of drug-likeness (QED) is 0.894. The minimum atomic E-state index is 0.588. The van der Waals surface area contributed by atoms with Gasteiger partial charge >= 0.3 is 0 Å². The van der Waals surface area contributed by atoms with Crippen LogP contribution in [-0.2, 0) is 0 Å². The van der Waals surface area contributed by atoms with Crippen molar-refractivity contribution in [2.75, 3.05) is 5.32 Å². The molecule has 0 aliphatic rings. The van der Waals surface area contributed by atoms with E-state index >= 15 is 0 Å². The van der Waals surface area contributed by atoms with Gasteiger partial charge in [-0.25, -0.2) is 9.97 Å². The molecule has 0 bridgehead atoms. The lowest BCUT2D eigenvalue weighted by molar-refractivity contribution is 1.15. The average molecular weight is 343 g/mol. The van der Waals surface area contributed by atoms with Gasteiger partial charge in [-0.1, -0.05) is 15.9 Å². The molecule has 2 aromatic rings. The van der Waals surface area contributed by atoms with Crippen LogP contribution in [0.15, 0.2) is 39.5 Å². The molecule has 0 aliphatic heterocycles. The van der Waals surface area contributed by atoms with Crippen LogP contribution in [0.3, 0.4) is 0 Å². The molecule has 5 heteroatoms. The van der Waals surface area contributed by atoms with E-state index in [4.69, 9.17) is 0 Å². The lowest BCUT2D eigenvalue weighted by Crippen LogP contribution is -1.96. The lowest BCUT2D eigenvalue weighted by Gasteiger charge is -2.06. The molecule has 82 valence electrons. The third-order valence-corrected chi connectivity index (χ3v) is 3.33. The number of anilines is 2. The zero-order valence-corrected chi connectivity index (χ0v) is 11.7. The molecule has 0 spiro atoms.